The molecule has 0 amide bonds. The molecule has 7 aromatic carbocycles. The fraction of sp³-hybridized carbons (Fsp3) is 0.309. The van der Waals surface area contributed by atoms with E-state index in [4.69, 9.17) is 15.2 Å². The van der Waals surface area contributed by atoms with Crippen LogP contribution in [0.5, 0.6) is 11.5 Å². The quantitative estimate of drug-likeness (QED) is 0.159. The van der Waals surface area contributed by atoms with Crippen LogP contribution < -0.4 is 14.5 Å². The molecule has 0 spiro atoms. The zero-order valence-corrected chi connectivity index (χ0v) is 44.9. The van der Waals surface area contributed by atoms with E-state index in [1.807, 2.05) is 59.2 Å². The molecule has 0 unspecified atom stereocenters. The van der Waals surface area contributed by atoms with E-state index in [2.05, 4.69) is 160 Å². The predicted octanol–water partition coefficient (Wildman–Crippen LogP) is 18.8. The fourth-order valence-corrected chi connectivity index (χ4v) is 10.8. The van der Waals surface area contributed by atoms with Crippen molar-refractivity contribution in [1.29, 1.82) is 0 Å². The Kier molecular flexibility index (Phi) is 9.55. The Morgan fingerprint density at radius 3 is 1.88 bits per heavy atom. The number of fused-ring (bicyclic) bond motifs is 5. The Hall–Kier alpha value is -7.11. The zero-order chi connectivity index (χ0) is 57.5. The molecular formula is C68H72N4O. The highest BCUT2D eigenvalue weighted by molar-refractivity contribution is 6.09. The van der Waals surface area contributed by atoms with Crippen LogP contribution in [-0.2, 0) is 27.1 Å². The minimum Gasteiger partial charge on any atom is -0.457 e. The van der Waals surface area contributed by atoms with Crippen molar-refractivity contribution in [3.63, 3.8) is 0 Å². The first-order valence-corrected chi connectivity index (χ1v) is 25.9. The molecule has 5 heteroatoms. The van der Waals surface area contributed by atoms with Crippen LogP contribution in [0.3, 0.4) is 0 Å². The molecule has 1 aliphatic heterocycles. The van der Waals surface area contributed by atoms with E-state index in [9.17, 15) is 4.11 Å². The highest BCUT2D eigenvalue weighted by Gasteiger charge is 2.38. The van der Waals surface area contributed by atoms with Crippen molar-refractivity contribution in [2.75, 3.05) is 16.5 Å². The monoisotopic (exact) mass is 968 g/mol. The van der Waals surface area contributed by atoms with Crippen LogP contribution in [0, 0.1) is 0 Å². The Morgan fingerprint density at radius 2 is 1.18 bits per heavy atom. The predicted molar refractivity (Wildman–Crippen MR) is 309 cm³/mol. The van der Waals surface area contributed by atoms with Gasteiger partial charge < -0.3 is 14.5 Å². The highest BCUT2D eigenvalue weighted by atomic mass is 16.5. The Bertz CT molecular complexity index is 4010. The number of anilines is 4. The van der Waals surface area contributed by atoms with E-state index < -0.39 is 0 Å². The molecule has 0 N–H and O–H groups in total. The van der Waals surface area contributed by atoms with Gasteiger partial charge in [0.1, 0.15) is 24.0 Å². The summed E-state index contributed by atoms with van der Waals surface area (Å²) in [4.78, 5) is 9.38. The molecule has 5 nitrogen and oxygen atoms in total. The molecule has 0 saturated carbocycles. The Morgan fingerprint density at radius 1 is 0.534 bits per heavy atom. The van der Waals surface area contributed by atoms with Crippen molar-refractivity contribution >= 4 is 44.6 Å². The molecule has 2 aliphatic rings. The number of benzene rings is 7. The van der Waals surface area contributed by atoms with Gasteiger partial charge in [0, 0.05) is 45.9 Å². The summed E-state index contributed by atoms with van der Waals surface area (Å²) in [5.41, 5.74) is 11.5. The van der Waals surface area contributed by atoms with E-state index in [1.165, 1.54) is 5.56 Å². The molecule has 9 aromatic rings. The van der Waals surface area contributed by atoms with Crippen LogP contribution in [0.2, 0.25) is 0 Å². The highest BCUT2D eigenvalue weighted by Crippen LogP contribution is 2.54. The van der Waals surface area contributed by atoms with Crippen LogP contribution in [-0.4, -0.2) is 16.2 Å². The lowest BCUT2D eigenvalue weighted by Crippen LogP contribution is -2.33. The van der Waals surface area contributed by atoms with Gasteiger partial charge in [-0.25, -0.2) is 4.98 Å². The second-order valence-electron chi connectivity index (χ2n) is 24.7. The molecule has 0 saturated heterocycles. The van der Waals surface area contributed by atoms with Gasteiger partial charge in [-0.05, 0) is 146 Å². The summed E-state index contributed by atoms with van der Waals surface area (Å²) in [5.74, 6) is 1.63. The van der Waals surface area contributed by atoms with Gasteiger partial charge in [-0.2, -0.15) is 0 Å². The maximum Gasteiger partial charge on any atom is 0.137 e. The van der Waals surface area contributed by atoms with Crippen molar-refractivity contribution in [2.24, 2.45) is 0 Å². The van der Waals surface area contributed by atoms with Gasteiger partial charge >= 0.3 is 0 Å². The summed E-state index contributed by atoms with van der Waals surface area (Å²) < 4.78 is 74.4. The number of nitrogens with zero attached hydrogens (tertiary/aromatic N) is 4. The second-order valence-corrected chi connectivity index (χ2v) is 24.7. The number of rotatable bonds is 7. The number of hydrogen-bond donors (Lipinski definition) is 0. The molecule has 0 atom stereocenters. The fourth-order valence-electron chi connectivity index (χ4n) is 10.8. The van der Waals surface area contributed by atoms with Gasteiger partial charge in [0.2, 0.25) is 0 Å². The summed E-state index contributed by atoms with van der Waals surface area (Å²) in [6.07, 6.45) is 3.49. The van der Waals surface area contributed by atoms with Gasteiger partial charge in [-0.15, -0.1) is 0 Å². The third-order valence-electron chi connectivity index (χ3n) is 15.4. The molecule has 3 heterocycles. The smallest absolute Gasteiger partial charge is 0.137 e. The maximum absolute atomic E-state index is 10.3. The average molecular weight is 968 g/mol. The summed E-state index contributed by atoms with van der Waals surface area (Å²) >= 11 is 0. The summed E-state index contributed by atoms with van der Waals surface area (Å²) in [6.45, 7) is 28.8. The van der Waals surface area contributed by atoms with Gasteiger partial charge in [0.25, 0.3) is 0 Å². The van der Waals surface area contributed by atoms with E-state index in [-0.39, 0.29) is 63.3 Å². The lowest BCUT2D eigenvalue weighted by atomic mass is 9.63. The molecule has 73 heavy (non-hydrogen) atoms. The largest absolute Gasteiger partial charge is 0.457 e. The molecule has 1 aliphatic carbocycles. The standard InChI is InChI=1S/C68H72N4O/c1-64(2,3)46-28-25-44(26-29-46)54-38-48(66(7,8)9)39-55(45-27-32-56-57(37-45)68(12,13)35-34-67(56,10)11)63(54)71-43-70(59-23-16-17-24-60(59)71)49-19-18-20-50(41-49)73-51-30-31-53-52-21-14-15-22-58(52)72(61(53)42-51)62-40-47(33-36-69-62)65(4,5)6/h14-33,36-42H,34-35,43H2,1-13H3/i14D,15D,21D,22D,27D,32D,37D. The third-order valence-corrected chi connectivity index (χ3v) is 15.4. The van der Waals surface area contributed by atoms with Crippen LogP contribution in [0.4, 0.5) is 22.7 Å². The Labute approximate surface area is 444 Å². The molecule has 11 rings (SSSR count). The topological polar surface area (TPSA) is 33.5 Å². The van der Waals surface area contributed by atoms with Gasteiger partial charge in [0.05, 0.1) is 37.7 Å². The molecule has 0 radical (unpaired) electrons. The van der Waals surface area contributed by atoms with E-state index >= 15 is 0 Å². The number of para-hydroxylation sites is 3. The van der Waals surface area contributed by atoms with Crippen molar-refractivity contribution in [3.05, 3.63) is 192 Å². The average Bonchev–Trinajstić information content (AvgIpc) is 4.15. The van der Waals surface area contributed by atoms with Gasteiger partial charge in [-0.1, -0.05) is 169 Å². The number of aromatic nitrogens is 2. The van der Waals surface area contributed by atoms with Crippen LogP contribution in [0.25, 0.3) is 49.9 Å². The van der Waals surface area contributed by atoms with E-state index in [0.29, 0.717) is 57.4 Å². The molecule has 2 aromatic heterocycles. The van der Waals surface area contributed by atoms with Crippen molar-refractivity contribution < 1.29 is 14.3 Å². The normalized spacial score (nSPS) is 16.8. The van der Waals surface area contributed by atoms with E-state index in [1.54, 1.807) is 6.20 Å². The van der Waals surface area contributed by atoms with Crippen molar-refractivity contribution in [3.8, 4) is 39.6 Å². The SMILES string of the molecule is [2H]c1c([2H])c2c(c([2H])c1-c1cc(C(C)(C)C)cc(-c3ccc(C(C)(C)C)cc3)c1N1CN(c3cccc(Oc4ccc5c6c([2H])c([2H])c([2H])c([2H])c6n(-c6cc(C(C)(C)C)ccn6)c5c4)c3)c3ccccc31)C(C)(C)CCC2(C)C. The zero-order valence-electron chi connectivity index (χ0n) is 51.9. The van der Waals surface area contributed by atoms with Crippen molar-refractivity contribution in [2.45, 2.75) is 130 Å². The minimum atomic E-state index is -0.382. The third kappa shape index (κ3) is 8.69. The number of ether oxygens (including phenoxy) is 1. The Balaban J connectivity index is 1.07. The molecule has 0 bridgehead atoms. The first-order chi connectivity index (χ1) is 37.5. The van der Waals surface area contributed by atoms with Crippen LogP contribution in [0.1, 0.15) is 140 Å². The summed E-state index contributed by atoms with van der Waals surface area (Å²) in [7, 11) is 0. The first-order valence-electron chi connectivity index (χ1n) is 29.4. The number of hydrogen-bond acceptors (Lipinski definition) is 4. The second kappa shape index (κ2) is 17.3. The van der Waals surface area contributed by atoms with E-state index in [0.717, 1.165) is 74.5 Å². The van der Waals surface area contributed by atoms with Crippen molar-refractivity contribution in [1.82, 2.24) is 9.55 Å². The summed E-state index contributed by atoms with van der Waals surface area (Å²) in [6, 6.07) is 39.0. The molecule has 370 valence electrons. The van der Waals surface area contributed by atoms with Crippen LogP contribution in [0.15, 0.2) is 164 Å². The lowest BCUT2D eigenvalue weighted by molar-refractivity contribution is 0.332. The molecule has 0 fully saturated rings. The van der Waals surface area contributed by atoms with Gasteiger partial charge in [0.15, 0.2) is 0 Å². The summed E-state index contributed by atoms with van der Waals surface area (Å²) in [5, 5.41) is 1.07. The minimum absolute atomic E-state index is 0.0673. The molecular weight excluding hydrogens is 889 g/mol. The van der Waals surface area contributed by atoms with Crippen LogP contribution >= 0.6 is 0 Å². The number of pyridine rings is 1. The van der Waals surface area contributed by atoms with Gasteiger partial charge in [-0.3, -0.25) is 4.57 Å². The maximum atomic E-state index is 10.3. The first kappa shape index (κ1) is 40.4. The lowest BCUT2D eigenvalue weighted by Gasteiger charge is -2.42.